The lowest BCUT2D eigenvalue weighted by molar-refractivity contribution is 0.0532. The van der Waals surface area contributed by atoms with Crippen LogP contribution in [-0.2, 0) is 27.8 Å². The van der Waals surface area contributed by atoms with E-state index < -0.39 is 10.0 Å². The Hall–Kier alpha value is -1.70. The Morgan fingerprint density at radius 2 is 1.96 bits per heavy atom. The second-order valence-corrected chi connectivity index (χ2v) is 8.44. The van der Waals surface area contributed by atoms with Crippen molar-refractivity contribution in [1.82, 2.24) is 4.31 Å². The zero-order valence-corrected chi connectivity index (χ0v) is 14.5. The van der Waals surface area contributed by atoms with Gasteiger partial charge >= 0.3 is 5.97 Å². The molecule has 1 aliphatic heterocycles. The first-order valence-corrected chi connectivity index (χ1v) is 9.53. The normalized spacial score (nSPS) is 14.7. The molecule has 5 nitrogen and oxygen atoms in total. The number of ether oxygens (including phenoxy) is 1. The average molecular weight is 351 g/mol. The van der Waals surface area contributed by atoms with Gasteiger partial charge in [0.25, 0.3) is 0 Å². The highest BCUT2D eigenvalue weighted by molar-refractivity contribution is 7.89. The molecule has 122 valence electrons. The van der Waals surface area contributed by atoms with Crippen molar-refractivity contribution in [3.8, 4) is 0 Å². The highest BCUT2D eigenvalue weighted by atomic mass is 32.2. The van der Waals surface area contributed by atoms with E-state index in [4.69, 9.17) is 4.74 Å². The van der Waals surface area contributed by atoms with Crippen molar-refractivity contribution < 1.29 is 17.9 Å². The van der Waals surface area contributed by atoms with E-state index in [0.717, 1.165) is 16.0 Å². The van der Waals surface area contributed by atoms with E-state index in [9.17, 15) is 13.2 Å². The summed E-state index contributed by atoms with van der Waals surface area (Å²) in [6.07, 6.45) is 0. The number of hydrogen-bond donors (Lipinski definition) is 0. The lowest BCUT2D eigenvalue weighted by atomic mass is 10.2. The van der Waals surface area contributed by atoms with Crippen LogP contribution in [0.3, 0.4) is 0 Å². The average Bonchev–Trinajstić information content (AvgIpc) is 3.06. The second kappa shape index (κ2) is 6.07. The Balaban J connectivity index is 1.80. The third kappa shape index (κ3) is 3.04. The summed E-state index contributed by atoms with van der Waals surface area (Å²) in [7, 11) is -3.51. The predicted molar refractivity (Wildman–Crippen MR) is 87.9 cm³/mol. The predicted octanol–water partition coefficient (Wildman–Crippen LogP) is 2.94. The first kappa shape index (κ1) is 16.2. The maximum absolute atomic E-state index is 12.7. The largest absolute Gasteiger partial charge is 0.462 e. The number of aryl methyl sites for hydroxylation is 1. The Bertz CT molecular complexity index is 814. The van der Waals surface area contributed by atoms with Gasteiger partial charge in [-0.1, -0.05) is 17.7 Å². The fourth-order valence-corrected chi connectivity index (χ4v) is 5.02. The number of esters is 1. The Morgan fingerprint density at radius 3 is 2.57 bits per heavy atom. The van der Waals surface area contributed by atoms with Crippen LogP contribution in [-0.4, -0.2) is 25.3 Å². The third-order valence-corrected chi connectivity index (χ3v) is 6.65. The molecule has 2 aromatic rings. The number of rotatable bonds is 4. The van der Waals surface area contributed by atoms with Crippen molar-refractivity contribution in [3.63, 3.8) is 0 Å². The molecule has 1 aromatic heterocycles. The summed E-state index contributed by atoms with van der Waals surface area (Å²) in [4.78, 5) is 13.5. The molecule has 0 spiro atoms. The van der Waals surface area contributed by atoms with Crippen LogP contribution in [0.25, 0.3) is 0 Å². The van der Waals surface area contributed by atoms with Crippen molar-refractivity contribution in [3.05, 3.63) is 51.2 Å². The molecule has 1 aromatic carbocycles. The number of carbonyl (C=O) groups excluding carboxylic acids is 1. The molecular weight excluding hydrogens is 334 g/mol. The van der Waals surface area contributed by atoms with Gasteiger partial charge in [0.2, 0.25) is 10.0 Å². The third-order valence-electron chi connectivity index (χ3n) is 3.70. The first-order chi connectivity index (χ1) is 10.9. The van der Waals surface area contributed by atoms with Gasteiger partial charge in [-0.05, 0) is 37.6 Å². The van der Waals surface area contributed by atoms with E-state index in [1.165, 1.54) is 15.6 Å². The quantitative estimate of drug-likeness (QED) is 0.795. The summed E-state index contributed by atoms with van der Waals surface area (Å²) < 4.78 is 31.8. The van der Waals surface area contributed by atoms with Crippen molar-refractivity contribution in [2.45, 2.75) is 31.8 Å². The number of fused-ring (bicyclic) bond motifs is 1. The zero-order valence-electron chi connectivity index (χ0n) is 12.9. The monoisotopic (exact) mass is 351 g/mol. The molecule has 0 fully saturated rings. The molecular formula is C16H17NO4S2. The van der Waals surface area contributed by atoms with Crippen molar-refractivity contribution in [2.24, 2.45) is 0 Å². The van der Waals surface area contributed by atoms with Crippen LogP contribution in [0.2, 0.25) is 0 Å². The van der Waals surface area contributed by atoms with Gasteiger partial charge in [0.05, 0.1) is 11.5 Å². The summed E-state index contributed by atoms with van der Waals surface area (Å²) in [5.74, 6) is -0.347. The lowest BCUT2D eigenvalue weighted by Crippen LogP contribution is -2.25. The fourth-order valence-electron chi connectivity index (χ4n) is 2.47. The molecule has 0 amide bonds. The van der Waals surface area contributed by atoms with Gasteiger partial charge in [0.15, 0.2) is 0 Å². The Labute approximate surface area is 139 Å². The molecule has 0 unspecified atom stereocenters. The number of nitrogens with zero attached hydrogens (tertiary/aromatic N) is 1. The van der Waals surface area contributed by atoms with Gasteiger partial charge in [-0.25, -0.2) is 13.2 Å². The molecule has 2 heterocycles. The highest BCUT2D eigenvalue weighted by Crippen LogP contribution is 2.34. The number of carbonyl (C=O) groups is 1. The SMILES string of the molecule is CCOC(=O)c1cc2c(s1)CN(S(=O)(=O)c1ccc(C)cc1)C2. The van der Waals surface area contributed by atoms with Gasteiger partial charge in [-0.15, -0.1) is 11.3 Å². The summed E-state index contributed by atoms with van der Waals surface area (Å²) in [5, 5.41) is 0. The second-order valence-electron chi connectivity index (χ2n) is 5.37. The van der Waals surface area contributed by atoms with Crippen LogP contribution >= 0.6 is 11.3 Å². The minimum Gasteiger partial charge on any atom is -0.462 e. The summed E-state index contributed by atoms with van der Waals surface area (Å²) in [6, 6.07) is 8.57. The van der Waals surface area contributed by atoms with Crippen molar-refractivity contribution in [2.75, 3.05) is 6.61 Å². The van der Waals surface area contributed by atoms with Gasteiger partial charge in [-0.2, -0.15) is 4.31 Å². The van der Waals surface area contributed by atoms with Crippen LogP contribution in [0.15, 0.2) is 35.2 Å². The molecule has 1 aliphatic rings. The standard InChI is InChI=1S/C16H17NO4S2/c1-3-21-16(18)14-8-12-9-17(10-15(12)22-14)23(19,20)13-6-4-11(2)5-7-13/h4-8H,3,9-10H2,1-2H3. The van der Waals surface area contributed by atoms with Crippen molar-refractivity contribution in [1.29, 1.82) is 0 Å². The van der Waals surface area contributed by atoms with Gasteiger partial charge in [-0.3, -0.25) is 0 Å². The number of sulfonamides is 1. The van der Waals surface area contributed by atoms with E-state index in [2.05, 4.69) is 0 Å². The smallest absolute Gasteiger partial charge is 0.348 e. The van der Waals surface area contributed by atoms with Gasteiger partial charge in [0, 0.05) is 18.0 Å². The molecule has 0 N–H and O–H groups in total. The molecule has 0 aliphatic carbocycles. The van der Waals surface area contributed by atoms with Crippen LogP contribution in [0.5, 0.6) is 0 Å². The fraction of sp³-hybridized carbons (Fsp3) is 0.312. The summed E-state index contributed by atoms with van der Waals surface area (Å²) in [5.41, 5.74) is 1.90. The lowest BCUT2D eigenvalue weighted by Gasteiger charge is -2.16. The maximum atomic E-state index is 12.7. The zero-order chi connectivity index (χ0) is 16.6. The number of hydrogen-bond acceptors (Lipinski definition) is 5. The van der Waals surface area contributed by atoms with Gasteiger partial charge < -0.3 is 4.74 Å². The molecule has 3 rings (SSSR count). The summed E-state index contributed by atoms with van der Waals surface area (Å²) in [6.45, 7) is 4.60. The topological polar surface area (TPSA) is 63.7 Å². The van der Waals surface area contributed by atoms with Crippen LogP contribution in [0.4, 0.5) is 0 Å². The van der Waals surface area contributed by atoms with Crippen LogP contribution in [0, 0.1) is 6.92 Å². The molecule has 0 bridgehead atoms. The Morgan fingerprint density at radius 1 is 1.26 bits per heavy atom. The molecule has 0 radical (unpaired) electrons. The molecule has 7 heteroatoms. The number of thiophene rings is 1. The van der Waals surface area contributed by atoms with E-state index in [1.807, 2.05) is 6.92 Å². The van der Waals surface area contributed by atoms with Crippen LogP contribution < -0.4 is 0 Å². The van der Waals surface area contributed by atoms with E-state index >= 15 is 0 Å². The molecule has 0 saturated carbocycles. The Kier molecular flexibility index (Phi) is 4.27. The maximum Gasteiger partial charge on any atom is 0.348 e. The molecule has 0 atom stereocenters. The minimum absolute atomic E-state index is 0.293. The van der Waals surface area contributed by atoms with Crippen LogP contribution in [0.1, 0.15) is 32.6 Å². The molecule has 23 heavy (non-hydrogen) atoms. The van der Waals surface area contributed by atoms with E-state index in [-0.39, 0.29) is 5.97 Å². The van der Waals surface area contributed by atoms with Crippen molar-refractivity contribution >= 4 is 27.3 Å². The minimum atomic E-state index is -3.51. The van der Waals surface area contributed by atoms with E-state index in [0.29, 0.717) is 29.5 Å². The first-order valence-electron chi connectivity index (χ1n) is 7.27. The van der Waals surface area contributed by atoms with E-state index in [1.54, 1.807) is 37.3 Å². The highest BCUT2D eigenvalue weighted by Gasteiger charge is 2.33. The van der Waals surface area contributed by atoms with Gasteiger partial charge in [0.1, 0.15) is 4.88 Å². The molecule has 0 saturated heterocycles. The number of benzene rings is 1. The summed E-state index contributed by atoms with van der Waals surface area (Å²) >= 11 is 1.31.